The van der Waals surface area contributed by atoms with Crippen LogP contribution in [0.4, 0.5) is 10.1 Å². The summed E-state index contributed by atoms with van der Waals surface area (Å²) in [4.78, 5) is 11.9. The summed E-state index contributed by atoms with van der Waals surface area (Å²) in [5, 5.41) is 9.21. The highest BCUT2D eigenvalue weighted by molar-refractivity contribution is 7.71. The molecular formula is C13H15FN4OS. The lowest BCUT2D eigenvalue weighted by Gasteiger charge is -2.10. The third-order valence-corrected chi connectivity index (χ3v) is 3.05. The lowest BCUT2D eigenvalue weighted by Crippen LogP contribution is -2.19. The van der Waals surface area contributed by atoms with Gasteiger partial charge in [0.15, 0.2) is 4.77 Å². The second-order valence-electron chi connectivity index (χ2n) is 4.61. The number of halogens is 1. The van der Waals surface area contributed by atoms with Crippen molar-refractivity contribution in [2.45, 2.75) is 26.3 Å². The number of hydrogen-bond donors (Lipinski definition) is 2. The standard InChI is InChI=1S/C13H15FN4OS/c1-8(2)18-11(16-17-13(18)20)7-12(19)15-10-6-4-3-5-9(10)14/h3-6,8H,7H2,1-2H3,(H,15,19)(H,17,20). The third kappa shape index (κ3) is 3.11. The first-order valence-corrected chi connectivity index (χ1v) is 6.60. The average Bonchev–Trinajstić information content (AvgIpc) is 2.73. The van der Waals surface area contributed by atoms with E-state index in [1.807, 2.05) is 13.8 Å². The van der Waals surface area contributed by atoms with E-state index in [1.165, 1.54) is 12.1 Å². The molecule has 0 unspecified atom stereocenters. The van der Waals surface area contributed by atoms with Crippen molar-refractivity contribution in [2.75, 3.05) is 5.32 Å². The summed E-state index contributed by atoms with van der Waals surface area (Å²) in [6.07, 6.45) is 0.0274. The van der Waals surface area contributed by atoms with Crippen LogP contribution in [0.3, 0.4) is 0 Å². The Labute approximate surface area is 120 Å². The molecule has 0 radical (unpaired) electrons. The topological polar surface area (TPSA) is 62.7 Å². The van der Waals surface area contributed by atoms with Crippen molar-refractivity contribution in [1.82, 2.24) is 14.8 Å². The molecule has 0 aliphatic heterocycles. The minimum atomic E-state index is -0.469. The molecule has 7 heteroatoms. The van der Waals surface area contributed by atoms with Crippen LogP contribution in [-0.4, -0.2) is 20.7 Å². The molecule has 0 spiro atoms. The maximum atomic E-state index is 13.4. The second kappa shape index (κ2) is 5.96. The minimum absolute atomic E-state index is 0.0274. The van der Waals surface area contributed by atoms with E-state index in [9.17, 15) is 9.18 Å². The van der Waals surface area contributed by atoms with E-state index in [1.54, 1.807) is 16.7 Å². The van der Waals surface area contributed by atoms with Crippen molar-refractivity contribution >= 4 is 23.8 Å². The summed E-state index contributed by atoms with van der Waals surface area (Å²) in [5.74, 6) is -0.284. The SMILES string of the molecule is CC(C)n1c(CC(=O)Nc2ccccc2F)n[nH]c1=S. The Bertz CT molecular complexity index is 677. The van der Waals surface area contributed by atoms with E-state index in [-0.39, 0.29) is 24.1 Å². The van der Waals surface area contributed by atoms with Gasteiger partial charge in [0.2, 0.25) is 5.91 Å². The lowest BCUT2D eigenvalue weighted by molar-refractivity contribution is -0.115. The van der Waals surface area contributed by atoms with Crippen molar-refractivity contribution in [2.24, 2.45) is 0 Å². The number of para-hydroxylation sites is 1. The van der Waals surface area contributed by atoms with Crippen LogP contribution in [0.25, 0.3) is 0 Å². The van der Waals surface area contributed by atoms with Gasteiger partial charge in [-0.15, -0.1) is 0 Å². The molecule has 1 aromatic heterocycles. The van der Waals surface area contributed by atoms with Crippen molar-refractivity contribution in [3.05, 3.63) is 40.7 Å². The molecular weight excluding hydrogens is 279 g/mol. The fourth-order valence-corrected chi connectivity index (χ4v) is 2.26. The number of nitrogens with zero attached hydrogens (tertiary/aromatic N) is 2. The summed E-state index contributed by atoms with van der Waals surface area (Å²) in [6, 6.07) is 6.11. The minimum Gasteiger partial charge on any atom is -0.323 e. The molecule has 0 atom stereocenters. The number of nitrogens with one attached hydrogen (secondary N) is 2. The number of carbonyl (C=O) groups excluding carboxylic acids is 1. The Morgan fingerprint density at radius 3 is 2.85 bits per heavy atom. The van der Waals surface area contributed by atoms with Crippen LogP contribution in [0, 0.1) is 10.6 Å². The normalized spacial score (nSPS) is 10.8. The number of hydrogen-bond acceptors (Lipinski definition) is 3. The number of rotatable bonds is 4. The Balaban J connectivity index is 2.13. The second-order valence-corrected chi connectivity index (χ2v) is 5.00. The number of benzene rings is 1. The maximum absolute atomic E-state index is 13.4. The highest BCUT2D eigenvalue weighted by Crippen LogP contribution is 2.14. The maximum Gasteiger partial charge on any atom is 0.232 e. The predicted molar refractivity (Wildman–Crippen MR) is 76.5 cm³/mol. The van der Waals surface area contributed by atoms with E-state index in [2.05, 4.69) is 15.5 Å². The number of carbonyl (C=O) groups is 1. The van der Waals surface area contributed by atoms with Gasteiger partial charge >= 0.3 is 0 Å². The van der Waals surface area contributed by atoms with Crippen LogP contribution in [0.5, 0.6) is 0 Å². The summed E-state index contributed by atoms with van der Waals surface area (Å²) in [5.41, 5.74) is 0.155. The molecule has 2 N–H and O–H groups in total. The molecule has 2 aromatic rings. The van der Waals surface area contributed by atoms with Gasteiger partial charge in [-0.05, 0) is 38.2 Å². The van der Waals surface area contributed by atoms with Gasteiger partial charge in [0.25, 0.3) is 0 Å². The molecule has 1 heterocycles. The van der Waals surface area contributed by atoms with Gasteiger partial charge < -0.3 is 9.88 Å². The molecule has 1 amide bonds. The van der Waals surface area contributed by atoms with E-state index in [4.69, 9.17) is 12.2 Å². The predicted octanol–water partition coefficient (Wildman–Crippen LogP) is 2.84. The Hall–Kier alpha value is -2.02. The fraction of sp³-hybridized carbons (Fsp3) is 0.308. The molecule has 1 aromatic carbocycles. The summed E-state index contributed by atoms with van der Waals surface area (Å²) >= 11 is 5.11. The Morgan fingerprint density at radius 1 is 1.50 bits per heavy atom. The molecule has 0 aliphatic carbocycles. The quantitative estimate of drug-likeness (QED) is 0.852. The van der Waals surface area contributed by atoms with Gasteiger partial charge in [-0.2, -0.15) is 5.10 Å². The van der Waals surface area contributed by atoms with E-state index in [0.29, 0.717) is 10.6 Å². The van der Waals surface area contributed by atoms with Crippen LogP contribution in [0.2, 0.25) is 0 Å². The summed E-state index contributed by atoms with van der Waals surface area (Å²) in [6.45, 7) is 3.90. The van der Waals surface area contributed by atoms with Gasteiger partial charge in [0.1, 0.15) is 11.6 Å². The largest absolute Gasteiger partial charge is 0.323 e. The zero-order valence-corrected chi connectivity index (χ0v) is 12.0. The highest BCUT2D eigenvalue weighted by Gasteiger charge is 2.14. The van der Waals surface area contributed by atoms with E-state index in [0.717, 1.165) is 0 Å². The highest BCUT2D eigenvalue weighted by atomic mass is 32.1. The van der Waals surface area contributed by atoms with Gasteiger partial charge in [-0.3, -0.25) is 9.89 Å². The van der Waals surface area contributed by atoms with E-state index < -0.39 is 5.82 Å². The number of aromatic amines is 1. The molecule has 20 heavy (non-hydrogen) atoms. The van der Waals surface area contributed by atoms with Crippen LogP contribution < -0.4 is 5.32 Å². The van der Waals surface area contributed by atoms with Gasteiger partial charge in [0, 0.05) is 6.04 Å². The van der Waals surface area contributed by atoms with Crippen molar-refractivity contribution in [1.29, 1.82) is 0 Å². The molecule has 0 saturated heterocycles. The number of H-pyrrole nitrogens is 1. The first-order valence-electron chi connectivity index (χ1n) is 6.19. The van der Waals surface area contributed by atoms with Crippen molar-refractivity contribution in [3.63, 3.8) is 0 Å². The molecule has 0 aliphatic rings. The van der Waals surface area contributed by atoms with Gasteiger partial charge in [-0.1, -0.05) is 12.1 Å². The molecule has 0 saturated carbocycles. The zero-order valence-electron chi connectivity index (χ0n) is 11.2. The number of aromatic nitrogens is 3. The van der Waals surface area contributed by atoms with Gasteiger partial charge in [0.05, 0.1) is 12.1 Å². The average molecular weight is 294 g/mol. The van der Waals surface area contributed by atoms with Crippen molar-refractivity contribution < 1.29 is 9.18 Å². The van der Waals surface area contributed by atoms with Crippen LogP contribution in [-0.2, 0) is 11.2 Å². The molecule has 2 rings (SSSR count). The Morgan fingerprint density at radius 2 is 2.20 bits per heavy atom. The van der Waals surface area contributed by atoms with Crippen LogP contribution in [0.15, 0.2) is 24.3 Å². The van der Waals surface area contributed by atoms with Crippen LogP contribution in [0.1, 0.15) is 25.7 Å². The number of amides is 1. The lowest BCUT2D eigenvalue weighted by atomic mass is 10.3. The molecule has 0 bridgehead atoms. The monoisotopic (exact) mass is 294 g/mol. The molecule has 5 nitrogen and oxygen atoms in total. The molecule has 106 valence electrons. The summed E-state index contributed by atoms with van der Waals surface area (Å²) in [7, 11) is 0. The van der Waals surface area contributed by atoms with Crippen molar-refractivity contribution in [3.8, 4) is 0 Å². The smallest absolute Gasteiger partial charge is 0.232 e. The van der Waals surface area contributed by atoms with Crippen LogP contribution >= 0.6 is 12.2 Å². The third-order valence-electron chi connectivity index (χ3n) is 2.76. The first kappa shape index (κ1) is 14.4. The first-order chi connectivity index (χ1) is 9.49. The Kier molecular flexibility index (Phi) is 4.29. The van der Waals surface area contributed by atoms with E-state index >= 15 is 0 Å². The number of anilines is 1. The fourth-order valence-electron chi connectivity index (χ4n) is 1.90. The summed E-state index contributed by atoms with van der Waals surface area (Å²) < 4.78 is 15.7. The zero-order chi connectivity index (χ0) is 14.7. The van der Waals surface area contributed by atoms with Gasteiger partial charge in [-0.25, -0.2) is 4.39 Å². The molecule has 0 fully saturated rings.